The number of carbonyl (C=O) groups excluding carboxylic acids is 1. The first-order valence-corrected chi connectivity index (χ1v) is 8.47. The molecule has 0 fully saturated rings. The number of carbonyl (C=O) groups is 2. The van der Waals surface area contributed by atoms with Crippen LogP contribution in [0.1, 0.15) is 22.3 Å². The molecule has 132 valence electrons. The highest BCUT2D eigenvalue weighted by molar-refractivity contribution is 6.00. The lowest BCUT2D eigenvalue weighted by Crippen LogP contribution is -2.23. The van der Waals surface area contributed by atoms with E-state index in [4.69, 9.17) is 5.11 Å². The highest BCUT2D eigenvalue weighted by Gasteiger charge is 2.19. The van der Waals surface area contributed by atoms with Gasteiger partial charge in [-0.1, -0.05) is 48.5 Å². The number of rotatable bonds is 2. The fourth-order valence-electron chi connectivity index (χ4n) is 3.12. The number of hydrogen-bond acceptors (Lipinski definition) is 2. The van der Waals surface area contributed by atoms with Gasteiger partial charge < -0.3 is 10.0 Å². The Hall–Kier alpha value is -3.14. The second kappa shape index (κ2) is 7.40. The van der Waals surface area contributed by atoms with Crippen LogP contribution in [0.3, 0.4) is 0 Å². The SMILES string of the molecule is CN(C)C(=O)C1=Cc2ccccc2C1.O=C(O)C1=Cc2ccccc2C1. The van der Waals surface area contributed by atoms with Gasteiger partial charge in [0.15, 0.2) is 0 Å². The van der Waals surface area contributed by atoms with Crippen molar-refractivity contribution in [3.8, 4) is 0 Å². The van der Waals surface area contributed by atoms with Crippen molar-refractivity contribution in [1.29, 1.82) is 0 Å². The normalized spacial score (nSPS) is 13.6. The fraction of sp³-hybridized carbons (Fsp3) is 0.182. The summed E-state index contributed by atoms with van der Waals surface area (Å²) in [5.74, 6) is -0.701. The van der Waals surface area contributed by atoms with Crippen molar-refractivity contribution >= 4 is 24.0 Å². The molecule has 0 unspecified atom stereocenters. The molecule has 4 nitrogen and oxygen atoms in total. The maximum absolute atomic E-state index is 11.7. The highest BCUT2D eigenvalue weighted by Crippen LogP contribution is 2.25. The van der Waals surface area contributed by atoms with Crippen molar-refractivity contribution < 1.29 is 14.7 Å². The Labute approximate surface area is 153 Å². The van der Waals surface area contributed by atoms with Gasteiger partial charge in [-0.05, 0) is 34.4 Å². The first kappa shape index (κ1) is 17.7. The average molecular weight is 347 g/mol. The number of fused-ring (bicyclic) bond motifs is 2. The number of nitrogens with zero attached hydrogens (tertiary/aromatic N) is 1. The third-order valence-corrected chi connectivity index (χ3v) is 4.49. The lowest BCUT2D eigenvalue weighted by molar-refractivity contribution is -0.132. The molecular formula is C22H21NO3. The fourth-order valence-corrected chi connectivity index (χ4v) is 3.12. The molecule has 4 heteroatoms. The van der Waals surface area contributed by atoms with Crippen LogP contribution in [0.25, 0.3) is 12.2 Å². The summed E-state index contributed by atoms with van der Waals surface area (Å²) in [6.07, 6.45) is 5.05. The van der Waals surface area contributed by atoms with E-state index in [1.54, 1.807) is 25.1 Å². The number of carboxylic acid groups (broad SMARTS) is 1. The molecule has 2 aliphatic rings. The number of benzene rings is 2. The lowest BCUT2D eigenvalue weighted by Gasteiger charge is -2.10. The number of likely N-dealkylation sites (N-methyl/N-ethyl adjacent to an activating group) is 1. The molecule has 0 aromatic heterocycles. The van der Waals surface area contributed by atoms with E-state index < -0.39 is 5.97 Å². The van der Waals surface area contributed by atoms with E-state index in [1.807, 2.05) is 48.5 Å². The molecule has 0 radical (unpaired) electrons. The second-order valence-electron chi connectivity index (χ2n) is 6.60. The lowest BCUT2D eigenvalue weighted by atomic mass is 10.1. The van der Waals surface area contributed by atoms with E-state index in [2.05, 4.69) is 6.07 Å². The summed E-state index contributed by atoms with van der Waals surface area (Å²) in [7, 11) is 3.57. The minimum absolute atomic E-state index is 0.112. The van der Waals surface area contributed by atoms with E-state index in [1.165, 1.54) is 11.1 Å². The third kappa shape index (κ3) is 3.75. The van der Waals surface area contributed by atoms with Crippen LogP contribution in [-0.4, -0.2) is 36.0 Å². The molecule has 2 aromatic carbocycles. The second-order valence-corrected chi connectivity index (χ2v) is 6.60. The molecule has 0 spiro atoms. The van der Waals surface area contributed by atoms with Crippen molar-refractivity contribution in [3.05, 3.63) is 81.9 Å². The first-order chi connectivity index (χ1) is 12.5. The number of aliphatic carboxylic acids is 1. The molecule has 0 atom stereocenters. The first-order valence-electron chi connectivity index (χ1n) is 8.47. The van der Waals surface area contributed by atoms with Crippen LogP contribution < -0.4 is 0 Å². The minimum Gasteiger partial charge on any atom is -0.478 e. The van der Waals surface area contributed by atoms with Crippen LogP contribution in [0, 0.1) is 0 Å². The van der Waals surface area contributed by atoms with Crippen molar-refractivity contribution in [3.63, 3.8) is 0 Å². The molecule has 0 bridgehead atoms. The van der Waals surface area contributed by atoms with Crippen molar-refractivity contribution in [2.75, 3.05) is 14.1 Å². The van der Waals surface area contributed by atoms with Gasteiger partial charge in [0, 0.05) is 38.1 Å². The molecule has 1 N–H and O–H groups in total. The maximum atomic E-state index is 11.7. The van der Waals surface area contributed by atoms with Crippen molar-refractivity contribution in [2.45, 2.75) is 12.8 Å². The number of hydrogen-bond donors (Lipinski definition) is 1. The van der Waals surface area contributed by atoms with Gasteiger partial charge in [0.25, 0.3) is 0 Å². The van der Waals surface area contributed by atoms with Crippen LogP contribution in [0.15, 0.2) is 59.7 Å². The summed E-state index contributed by atoms with van der Waals surface area (Å²) >= 11 is 0. The molecule has 1 amide bonds. The Kier molecular flexibility index (Phi) is 5.03. The van der Waals surface area contributed by atoms with Crippen LogP contribution in [-0.2, 0) is 22.4 Å². The molecular weight excluding hydrogens is 326 g/mol. The zero-order chi connectivity index (χ0) is 18.7. The zero-order valence-corrected chi connectivity index (χ0v) is 14.9. The predicted molar refractivity (Wildman–Crippen MR) is 103 cm³/mol. The summed E-state index contributed by atoms with van der Waals surface area (Å²) in [6, 6.07) is 15.9. The summed E-state index contributed by atoms with van der Waals surface area (Å²) in [4.78, 5) is 23.9. The number of amides is 1. The largest absolute Gasteiger partial charge is 0.478 e. The Morgan fingerprint density at radius 3 is 1.73 bits per heavy atom. The van der Waals surface area contributed by atoms with E-state index in [-0.39, 0.29) is 5.91 Å². The third-order valence-electron chi connectivity index (χ3n) is 4.49. The monoisotopic (exact) mass is 347 g/mol. The van der Waals surface area contributed by atoms with Gasteiger partial charge in [-0.3, -0.25) is 4.79 Å². The van der Waals surface area contributed by atoms with Crippen LogP contribution >= 0.6 is 0 Å². The summed E-state index contributed by atoms with van der Waals surface area (Å²) in [5.41, 5.74) is 5.94. The van der Waals surface area contributed by atoms with Gasteiger partial charge in [-0.15, -0.1) is 0 Å². The van der Waals surface area contributed by atoms with Gasteiger partial charge in [0.05, 0.1) is 0 Å². The topological polar surface area (TPSA) is 57.6 Å². The number of carboxylic acids is 1. The van der Waals surface area contributed by atoms with Crippen LogP contribution in [0.5, 0.6) is 0 Å². The van der Waals surface area contributed by atoms with Crippen molar-refractivity contribution in [1.82, 2.24) is 4.90 Å². The summed E-state index contributed by atoms with van der Waals surface area (Å²) in [6.45, 7) is 0. The smallest absolute Gasteiger partial charge is 0.331 e. The van der Waals surface area contributed by atoms with Crippen LogP contribution in [0.4, 0.5) is 0 Å². The Morgan fingerprint density at radius 2 is 1.27 bits per heavy atom. The maximum Gasteiger partial charge on any atom is 0.331 e. The molecule has 2 aliphatic carbocycles. The van der Waals surface area contributed by atoms with Gasteiger partial charge in [0.1, 0.15) is 0 Å². The van der Waals surface area contributed by atoms with E-state index in [9.17, 15) is 9.59 Å². The molecule has 26 heavy (non-hydrogen) atoms. The van der Waals surface area contributed by atoms with Gasteiger partial charge in [0.2, 0.25) is 5.91 Å². The molecule has 0 saturated carbocycles. The van der Waals surface area contributed by atoms with E-state index in [0.717, 1.165) is 23.1 Å². The zero-order valence-electron chi connectivity index (χ0n) is 14.9. The molecule has 0 aliphatic heterocycles. The highest BCUT2D eigenvalue weighted by atomic mass is 16.4. The summed E-state index contributed by atoms with van der Waals surface area (Å²) in [5, 5.41) is 8.72. The Bertz CT molecular complexity index is 922. The molecule has 0 heterocycles. The molecule has 4 rings (SSSR count). The predicted octanol–water partition coefficient (Wildman–Crippen LogP) is 3.43. The minimum atomic E-state index is -0.814. The standard InChI is InChI=1S/C12H13NO.C10H8O2/c1-13(2)12(14)11-7-9-5-3-4-6-10(9)8-11;11-10(12)9-5-7-3-1-2-4-8(7)6-9/h3-7H,8H2,1-2H3;1-5H,6H2,(H,11,12). The van der Waals surface area contributed by atoms with Crippen molar-refractivity contribution in [2.24, 2.45) is 0 Å². The van der Waals surface area contributed by atoms with E-state index >= 15 is 0 Å². The van der Waals surface area contributed by atoms with Crippen LogP contribution in [0.2, 0.25) is 0 Å². The van der Waals surface area contributed by atoms with Gasteiger partial charge in [-0.25, -0.2) is 4.79 Å². The average Bonchev–Trinajstić information content (AvgIpc) is 3.25. The Morgan fingerprint density at radius 1 is 0.808 bits per heavy atom. The van der Waals surface area contributed by atoms with E-state index in [0.29, 0.717) is 12.0 Å². The molecule has 2 aromatic rings. The van der Waals surface area contributed by atoms with Gasteiger partial charge in [-0.2, -0.15) is 0 Å². The molecule has 0 saturated heterocycles. The Balaban J connectivity index is 0.000000152. The quantitative estimate of drug-likeness (QED) is 0.905. The summed E-state index contributed by atoms with van der Waals surface area (Å²) < 4.78 is 0. The van der Waals surface area contributed by atoms with Gasteiger partial charge >= 0.3 is 5.97 Å².